The second-order valence-corrected chi connectivity index (χ2v) is 6.70. The minimum atomic E-state index is -0.512. The van der Waals surface area contributed by atoms with Crippen molar-refractivity contribution in [3.05, 3.63) is 100 Å². The molecule has 4 aromatic rings. The van der Waals surface area contributed by atoms with Crippen molar-refractivity contribution in [1.29, 1.82) is 5.41 Å². The van der Waals surface area contributed by atoms with Crippen LogP contribution in [-0.2, 0) is 13.1 Å². The number of nitrogens with zero attached hydrogens (tertiary/aromatic N) is 3. The zero-order valence-corrected chi connectivity index (χ0v) is 15.9. The number of amides is 1. The minimum Gasteiger partial charge on any atom is -0.348 e. The summed E-state index contributed by atoms with van der Waals surface area (Å²) in [5.74, 6) is -0.875. The van der Waals surface area contributed by atoms with E-state index in [0.29, 0.717) is 16.9 Å². The first-order valence-electron chi connectivity index (χ1n) is 9.22. The average Bonchev–Trinajstić information content (AvgIpc) is 2.75. The highest BCUT2D eigenvalue weighted by Crippen LogP contribution is 2.11. The van der Waals surface area contributed by atoms with Gasteiger partial charge in [0.2, 0.25) is 0 Å². The van der Waals surface area contributed by atoms with Crippen molar-refractivity contribution in [3.63, 3.8) is 0 Å². The van der Waals surface area contributed by atoms with E-state index in [-0.39, 0.29) is 40.9 Å². The van der Waals surface area contributed by atoms with Crippen LogP contribution in [-0.4, -0.2) is 19.9 Å². The first kappa shape index (κ1) is 19.3. The standard InChI is InChI=1S/C22H18FN5O2/c1-2-10-28-19(24)16(21(29)25-13-14-6-8-15(23)9-7-14)12-17-20(28)26-18-5-3-4-11-27(18)22(17)30/h2-9,11-12,24H,1,10,13H2,(H,25,29). The Hall–Kier alpha value is -4.07. The fourth-order valence-electron chi connectivity index (χ4n) is 3.25. The van der Waals surface area contributed by atoms with Crippen molar-refractivity contribution in [2.75, 3.05) is 0 Å². The summed E-state index contributed by atoms with van der Waals surface area (Å²) in [6.45, 7) is 4.07. The van der Waals surface area contributed by atoms with Gasteiger partial charge in [0.15, 0.2) is 0 Å². The summed E-state index contributed by atoms with van der Waals surface area (Å²) in [4.78, 5) is 30.3. The minimum absolute atomic E-state index is 0.0428. The molecule has 0 atom stereocenters. The highest BCUT2D eigenvalue weighted by Gasteiger charge is 2.17. The molecule has 30 heavy (non-hydrogen) atoms. The van der Waals surface area contributed by atoms with Gasteiger partial charge in [0.05, 0.1) is 10.9 Å². The third-order valence-electron chi connectivity index (χ3n) is 4.74. The van der Waals surface area contributed by atoms with Gasteiger partial charge in [-0.1, -0.05) is 24.3 Å². The lowest BCUT2D eigenvalue weighted by molar-refractivity contribution is 0.0948. The molecule has 0 aliphatic heterocycles. The summed E-state index contributed by atoms with van der Waals surface area (Å²) >= 11 is 0. The SMILES string of the molecule is C=CCn1c(=N)c(C(=O)NCc2ccc(F)cc2)cc2c(=O)n3ccccc3nc21. The number of hydrogen-bond acceptors (Lipinski definition) is 4. The summed E-state index contributed by atoms with van der Waals surface area (Å²) in [6.07, 6.45) is 3.18. The molecular weight excluding hydrogens is 385 g/mol. The number of hydrogen-bond donors (Lipinski definition) is 2. The Labute approximate surface area is 170 Å². The molecule has 0 fully saturated rings. The van der Waals surface area contributed by atoms with Crippen LogP contribution in [0.2, 0.25) is 0 Å². The van der Waals surface area contributed by atoms with Gasteiger partial charge >= 0.3 is 0 Å². The van der Waals surface area contributed by atoms with Gasteiger partial charge in [-0.2, -0.15) is 0 Å². The number of allylic oxidation sites excluding steroid dienone is 1. The molecule has 2 N–H and O–H groups in total. The zero-order valence-electron chi connectivity index (χ0n) is 15.9. The molecule has 0 aliphatic carbocycles. The van der Waals surface area contributed by atoms with Crippen LogP contribution in [0.5, 0.6) is 0 Å². The number of aromatic nitrogens is 3. The number of fused-ring (bicyclic) bond motifs is 2. The molecule has 3 aromatic heterocycles. The van der Waals surface area contributed by atoms with E-state index in [1.807, 2.05) is 0 Å². The molecule has 0 unspecified atom stereocenters. The normalized spacial score (nSPS) is 11.0. The van der Waals surface area contributed by atoms with Crippen molar-refractivity contribution in [1.82, 2.24) is 19.3 Å². The summed E-state index contributed by atoms with van der Waals surface area (Å²) in [6, 6.07) is 12.3. The van der Waals surface area contributed by atoms with Crippen LogP contribution in [0.15, 0.2) is 72.2 Å². The molecule has 0 radical (unpaired) electrons. The van der Waals surface area contributed by atoms with E-state index in [2.05, 4.69) is 16.9 Å². The van der Waals surface area contributed by atoms with Gasteiger partial charge in [-0.05, 0) is 35.9 Å². The first-order chi connectivity index (χ1) is 14.5. The maximum Gasteiger partial charge on any atom is 0.267 e. The fourth-order valence-corrected chi connectivity index (χ4v) is 3.25. The summed E-state index contributed by atoms with van der Waals surface area (Å²) in [5.41, 5.74) is 1.10. The molecule has 3 heterocycles. The molecule has 1 amide bonds. The Morgan fingerprint density at radius 1 is 1.23 bits per heavy atom. The van der Waals surface area contributed by atoms with Crippen molar-refractivity contribution < 1.29 is 9.18 Å². The zero-order chi connectivity index (χ0) is 21.3. The molecule has 4 rings (SSSR count). The highest BCUT2D eigenvalue weighted by atomic mass is 19.1. The van der Waals surface area contributed by atoms with Crippen LogP contribution in [0.25, 0.3) is 16.7 Å². The molecule has 0 spiro atoms. The van der Waals surface area contributed by atoms with Gasteiger partial charge in [-0.3, -0.25) is 19.4 Å². The third-order valence-corrected chi connectivity index (χ3v) is 4.74. The van der Waals surface area contributed by atoms with E-state index in [0.717, 1.165) is 0 Å². The van der Waals surface area contributed by atoms with Crippen LogP contribution in [0.3, 0.4) is 0 Å². The van der Waals surface area contributed by atoms with Crippen LogP contribution in [0.1, 0.15) is 15.9 Å². The number of halogens is 1. The van der Waals surface area contributed by atoms with Crippen LogP contribution >= 0.6 is 0 Å². The number of benzene rings is 1. The van der Waals surface area contributed by atoms with Crippen LogP contribution < -0.4 is 16.4 Å². The first-order valence-corrected chi connectivity index (χ1v) is 9.22. The Morgan fingerprint density at radius 3 is 2.73 bits per heavy atom. The largest absolute Gasteiger partial charge is 0.348 e. The highest BCUT2D eigenvalue weighted by molar-refractivity contribution is 5.96. The van der Waals surface area contributed by atoms with E-state index in [1.54, 1.807) is 42.6 Å². The summed E-state index contributed by atoms with van der Waals surface area (Å²) in [5, 5.41) is 11.4. The van der Waals surface area contributed by atoms with Gasteiger partial charge in [-0.15, -0.1) is 6.58 Å². The van der Waals surface area contributed by atoms with Crippen molar-refractivity contribution in [2.24, 2.45) is 0 Å². The van der Waals surface area contributed by atoms with Gasteiger partial charge in [-0.25, -0.2) is 9.37 Å². The third kappa shape index (κ3) is 3.39. The monoisotopic (exact) mass is 403 g/mol. The van der Waals surface area contributed by atoms with Gasteiger partial charge < -0.3 is 9.88 Å². The number of carbonyl (C=O) groups excluding carboxylic acids is 1. The van der Waals surface area contributed by atoms with E-state index in [9.17, 15) is 14.0 Å². The molecular formula is C22H18FN5O2. The molecule has 0 saturated heterocycles. The molecule has 0 saturated carbocycles. The summed E-state index contributed by atoms with van der Waals surface area (Å²) in [7, 11) is 0. The van der Waals surface area contributed by atoms with Crippen LogP contribution in [0.4, 0.5) is 4.39 Å². The van der Waals surface area contributed by atoms with Crippen molar-refractivity contribution in [2.45, 2.75) is 13.1 Å². The topological polar surface area (TPSA) is 92.2 Å². The number of carbonyl (C=O) groups is 1. The molecule has 150 valence electrons. The molecule has 1 aromatic carbocycles. The van der Waals surface area contributed by atoms with Gasteiger partial charge in [0.25, 0.3) is 11.5 Å². The van der Waals surface area contributed by atoms with E-state index in [1.165, 1.54) is 27.2 Å². The maximum atomic E-state index is 13.1. The lowest BCUT2D eigenvalue weighted by atomic mass is 10.1. The predicted molar refractivity (Wildman–Crippen MR) is 111 cm³/mol. The molecule has 0 aliphatic rings. The Morgan fingerprint density at radius 2 is 2.00 bits per heavy atom. The quantitative estimate of drug-likeness (QED) is 0.396. The molecule has 7 nitrogen and oxygen atoms in total. The second kappa shape index (κ2) is 7.75. The summed E-state index contributed by atoms with van der Waals surface area (Å²) < 4.78 is 15.9. The predicted octanol–water partition coefficient (Wildman–Crippen LogP) is 2.38. The number of pyridine rings is 2. The fraction of sp³-hybridized carbons (Fsp3) is 0.0909. The average molecular weight is 403 g/mol. The Bertz CT molecular complexity index is 1400. The van der Waals surface area contributed by atoms with Crippen molar-refractivity contribution in [3.8, 4) is 0 Å². The second-order valence-electron chi connectivity index (χ2n) is 6.70. The van der Waals surface area contributed by atoms with Crippen LogP contribution in [0, 0.1) is 11.2 Å². The van der Waals surface area contributed by atoms with Gasteiger partial charge in [0, 0.05) is 19.3 Å². The number of nitrogens with one attached hydrogen (secondary N) is 2. The van der Waals surface area contributed by atoms with E-state index in [4.69, 9.17) is 5.41 Å². The lowest BCUT2D eigenvalue weighted by Gasteiger charge is -2.13. The lowest BCUT2D eigenvalue weighted by Crippen LogP contribution is -2.34. The van der Waals surface area contributed by atoms with E-state index < -0.39 is 5.91 Å². The molecule has 8 heteroatoms. The molecule has 0 bridgehead atoms. The Kier molecular flexibility index (Phi) is 4.97. The van der Waals surface area contributed by atoms with E-state index >= 15 is 0 Å². The smallest absolute Gasteiger partial charge is 0.267 e. The number of rotatable bonds is 5. The maximum absolute atomic E-state index is 13.1. The van der Waals surface area contributed by atoms with Gasteiger partial charge in [0.1, 0.15) is 22.6 Å². The van der Waals surface area contributed by atoms with Crippen molar-refractivity contribution >= 4 is 22.6 Å². The Balaban J connectivity index is 1.83.